The van der Waals surface area contributed by atoms with Crippen LogP contribution in [0.4, 0.5) is 4.79 Å². The molecule has 0 atom stereocenters. The highest BCUT2D eigenvalue weighted by atomic mass is 32.2. The van der Waals surface area contributed by atoms with Crippen molar-refractivity contribution in [2.24, 2.45) is 17.8 Å². The Balaban J connectivity index is 1.28. The number of hydrogen-bond acceptors (Lipinski definition) is 5. The Bertz CT molecular complexity index is 1060. The van der Waals surface area contributed by atoms with Crippen LogP contribution in [0.1, 0.15) is 69.4 Å². The molecule has 2 aliphatic heterocycles. The van der Waals surface area contributed by atoms with Gasteiger partial charge in [-0.25, -0.2) is 0 Å². The summed E-state index contributed by atoms with van der Waals surface area (Å²) < 4.78 is 5.92. The summed E-state index contributed by atoms with van der Waals surface area (Å²) in [7, 11) is 0. The fourth-order valence-corrected chi connectivity index (χ4v) is 8.55. The van der Waals surface area contributed by atoms with E-state index in [1.54, 1.807) is 11.0 Å². The SMILES string of the molecule is CCOc1ccc(C23CC4CC(CC(C4)C2)C3)cc1/C=C1/SC(=O)N(CC(=O)N2CCCC2)C1=O. The fraction of sp³-hybridized carbons (Fsp3) is 0.607. The standard InChI is InChI=1S/C28H34N2O4S/c1-2-34-23-6-5-22(28-14-18-9-19(15-28)11-20(10-18)16-28)12-21(23)13-24-26(32)30(27(33)35-24)17-25(31)29-7-3-4-8-29/h5-6,12-13,18-20H,2-4,7-11,14-17H2,1H3/b24-13+. The molecule has 4 bridgehead atoms. The minimum absolute atomic E-state index is 0.148. The van der Waals surface area contributed by atoms with Crippen molar-refractivity contribution >= 4 is 34.9 Å². The lowest BCUT2D eigenvalue weighted by Gasteiger charge is -2.57. The van der Waals surface area contributed by atoms with E-state index in [0.29, 0.717) is 24.6 Å². The third kappa shape index (κ3) is 4.20. The summed E-state index contributed by atoms with van der Waals surface area (Å²) in [5.74, 6) is 2.75. The molecule has 6 fully saturated rings. The van der Waals surface area contributed by atoms with Gasteiger partial charge in [-0.1, -0.05) is 6.07 Å². The van der Waals surface area contributed by atoms with Gasteiger partial charge < -0.3 is 9.64 Å². The Morgan fingerprint density at radius 1 is 1.09 bits per heavy atom. The van der Waals surface area contributed by atoms with Gasteiger partial charge in [-0.2, -0.15) is 0 Å². The van der Waals surface area contributed by atoms with Crippen LogP contribution < -0.4 is 4.74 Å². The fourth-order valence-electron chi connectivity index (χ4n) is 7.72. The van der Waals surface area contributed by atoms with E-state index < -0.39 is 0 Å². The van der Waals surface area contributed by atoms with E-state index >= 15 is 0 Å². The molecule has 7 rings (SSSR count). The zero-order valence-corrected chi connectivity index (χ0v) is 21.3. The summed E-state index contributed by atoms with van der Waals surface area (Å²) in [5, 5.41) is -0.371. The maximum absolute atomic E-state index is 13.2. The lowest BCUT2D eigenvalue weighted by Crippen LogP contribution is -2.48. The molecule has 6 aliphatic rings. The van der Waals surface area contributed by atoms with Gasteiger partial charge in [-0.05, 0) is 117 Å². The van der Waals surface area contributed by atoms with Crippen LogP contribution in [0.5, 0.6) is 5.75 Å². The summed E-state index contributed by atoms with van der Waals surface area (Å²) in [5.41, 5.74) is 2.45. The third-order valence-electron chi connectivity index (χ3n) is 8.87. The summed E-state index contributed by atoms with van der Waals surface area (Å²) in [4.78, 5) is 41.6. The lowest BCUT2D eigenvalue weighted by atomic mass is 9.48. The molecule has 1 aromatic rings. The molecule has 1 aromatic carbocycles. The number of ether oxygens (including phenoxy) is 1. The lowest BCUT2D eigenvalue weighted by molar-refractivity contribution is -0.135. The van der Waals surface area contributed by atoms with Crippen molar-refractivity contribution in [3.05, 3.63) is 34.2 Å². The molecule has 0 spiro atoms. The Morgan fingerprint density at radius 3 is 2.37 bits per heavy atom. The number of carbonyl (C=O) groups is 3. The van der Waals surface area contributed by atoms with Crippen LogP contribution in [0, 0.1) is 17.8 Å². The van der Waals surface area contributed by atoms with Gasteiger partial charge in [0.2, 0.25) is 5.91 Å². The second-order valence-corrected chi connectivity index (χ2v) is 12.2. The smallest absolute Gasteiger partial charge is 0.294 e. The van der Waals surface area contributed by atoms with Gasteiger partial charge in [-0.15, -0.1) is 0 Å². The predicted molar refractivity (Wildman–Crippen MR) is 136 cm³/mol. The van der Waals surface area contributed by atoms with E-state index in [1.807, 2.05) is 13.0 Å². The Morgan fingerprint density at radius 2 is 1.74 bits per heavy atom. The molecule has 2 heterocycles. The first-order valence-corrected chi connectivity index (χ1v) is 14.1. The number of rotatable bonds is 6. The van der Waals surface area contributed by atoms with Gasteiger partial charge >= 0.3 is 0 Å². The largest absolute Gasteiger partial charge is 0.493 e. The van der Waals surface area contributed by atoms with E-state index in [0.717, 1.165) is 58.6 Å². The van der Waals surface area contributed by atoms with E-state index in [9.17, 15) is 14.4 Å². The van der Waals surface area contributed by atoms with Gasteiger partial charge in [-0.3, -0.25) is 19.3 Å². The molecular weight excluding hydrogens is 460 g/mol. The number of nitrogens with zero attached hydrogens (tertiary/aromatic N) is 2. The Kier molecular flexibility index (Phi) is 5.94. The maximum atomic E-state index is 13.2. The first-order valence-electron chi connectivity index (χ1n) is 13.2. The number of imide groups is 1. The van der Waals surface area contributed by atoms with Crippen LogP contribution in [0.2, 0.25) is 0 Å². The molecule has 0 aromatic heterocycles. The van der Waals surface area contributed by atoms with Crippen molar-refractivity contribution in [1.82, 2.24) is 9.80 Å². The van der Waals surface area contributed by atoms with Crippen molar-refractivity contribution in [3.63, 3.8) is 0 Å². The van der Waals surface area contributed by atoms with Crippen LogP contribution in [-0.2, 0) is 15.0 Å². The highest BCUT2D eigenvalue weighted by Gasteiger charge is 2.51. The molecule has 186 valence electrons. The van der Waals surface area contributed by atoms with Crippen molar-refractivity contribution in [3.8, 4) is 5.75 Å². The molecule has 4 saturated carbocycles. The molecule has 0 radical (unpaired) electrons. The topological polar surface area (TPSA) is 66.9 Å². The summed E-state index contributed by atoms with van der Waals surface area (Å²) in [6.45, 7) is 3.73. The second-order valence-electron chi connectivity index (χ2n) is 11.2. The molecule has 35 heavy (non-hydrogen) atoms. The zero-order valence-electron chi connectivity index (χ0n) is 20.5. The van der Waals surface area contributed by atoms with Crippen LogP contribution in [0.15, 0.2) is 23.1 Å². The number of benzene rings is 1. The van der Waals surface area contributed by atoms with E-state index in [1.165, 1.54) is 44.1 Å². The average Bonchev–Trinajstić information content (AvgIpc) is 3.44. The first-order chi connectivity index (χ1) is 16.9. The Labute approximate surface area is 211 Å². The third-order valence-corrected chi connectivity index (χ3v) is 9.78. The molecule has 0 N–H and O–H groups in total. The molecule has 0 unspecified atom stereocenters. The van der Waals surface area contributed by atoms with E-state index in [4.69, 9.17) is 4.74 Å². The molecular formula is C28H34N2O4S. The molecule has 3 amide bonds. The van der Waals surface area contributed by atoms with Crippen LogP contribution in [0.3, 0.4) is 0 Å². The van der Waals surface area contributed by atoms with Gasteiger partial charge in [0.25, 0.3) is 11.1 Å². The van der Waals surface area contributed by atoms with Crippen LogP contribution in [-0.4, -0.2) is 53.1 Å². The predicted octanol–water partition coefficient (Wildman–Crippen LogP) is 5.21. The van der Waals surface area contributed by atoms with Crippen LogP contribution in [0.25, 0.3) is 6.08 Å². The number of carbonyl (C=O) groups excluding carboxylic acids is 3. The van der Waals surface area contributed by atoms with Crippen molar-refractivity contribution < 1.29 is 19.1 Å². The first kappa shape index (κ1) is 23.1. The minimum atomic E-state index is -0.379. The van der Waals surface area contributed by atoms with Gasteiger partial charge in [0.1, 0.15) is 12.3 Å². The van der Waals surface area contributed by atoms with Gasteiger partial charge in [0, 0.05) is 18.7 Å². The second kappa shape index (κ2) is 8.99. The van der Waals surface area contributed by atoms with Crippen molar-refractivity contribution in [1.29, 1.82) is 0 Å². The minimum Gasteiger partial charge on any atom is -0.493 e. The Hall–Kier alpha value is -2.28. The van der Waals surface area contributed by atoms with Crippen molar-refractivity contribution in [2.45, 2.75) is 63.7 Å². The molecule has 6 nitrogen and oxygen atoms in total. The number of hydrogen-bond donors (Lipinski definition) is 0. The number of likely N-dealkylation sites (tertiary alicyclic amines) is 1. The van der Waals surface area contributed by atoms with E-state index in [2.05, 4.69) is 12.1 Å². The zero-order chi connectivity index (χ0) is 24.2. The quantitative estimate of drug-likeness (QED) is 0.508. The van der Waals surface area contributed by atoms with Gasteiger partial charge in [0.05, 0.1) is 11.5 Å². The normalized spacial score (nSPS) is 32.8. The van der Waals surface area contributed by atoms with Crippen molar-refractivity contribution in [2.75, 3.05) is 26.2 Å². The monoisotopic (exact) mass is 494 g/mol. The maximum Gasteiger partial charge on any atom is 0.294 e. The molecule has 4 aliphatic carbocycles. The average molecular weight is 495 g/mol. The van der Waals surface area contributed by atoms with E-state index in [-0.39, 0.29) is 29.0 Å². The summed E-state index contributed by atoms with van der Waals surface area (Å²) in [6.07, 6.45) is 11.7. The molecule has 2 saturated heterocycles. The number of amides is 3. The highest BCUT2D eigenvalue weighted by Crippen LogP contribution is 2.61. The highest BCUT2D eigenvalue weighted by molar-refractivity contribution is 8.18. The number of thioether (sulfide) groups is 1. The van der Waals surface area contributed by atoms with Crippen LogP contribution >= 0.6 is 11.8 Å². The summed E-state index contributed by atoms with van der Waals surface area (Å²) >= 11 is 0.925. The van der Waals surface area contributed by atoms with Gasteiger partial charge in [0.15, 0.2) is 0 Å². The summed E-state index contributed by atoms with van der Waals surface area (Å²) in [6, 6.07) is 6.49. The molecule has 7 heteroatoms.